The number of nitriles is 1. The first kappa shape index (κ1) is 17.1. The van der Waals surface area contributed by atoms with Gasteiger partial charge in [-0.1, -0.05) is 6.07 Å². The van der Waals surface area contributed by atoms with Gasteiger partial charge in [-0.15, -0.1) is 0 Å². The molecule has 27 heavy (non-hydrogen) atoms. The monoisotopic (exact) mass is 381 g/mol. The highest BCUT2D eigenvalue weighted by molar-refractivity contribution is 8.19. The fourth-order valence-electron chi connectivity index (χ4n) is 2.72. The van der Waals surface area contributed by atoms with Gasteiger partial charge in [-0.25, -0.2) is 9.66 Å². The summed E-state index contributed by atoms with van der Waals surface area (Å²) in [7, 11) is 0. The maximum absolute atomic E-state index is 9.53. The molecule has 9 heteroatoms. The van der Waals surface area contributed by atoms with Gasteiger partial charge in [0.1, 0.15) is 6.33 Å². The molecule has 0 fully saturated rings. The molecule has 0 atom stereocenters. The van der Waals surface area contributed by atoms with E-state index in [-0.39, 0.29) is 0 Å². The summed E-state index contributed by atoms with van der Waals surface area (Å²) in [4.78, 5) is 4.11. The molecule has 4 rings (SSSR count). The summed E-state index contributed by atoms with van der Waals surface area (Å²) >= 11 is -3.40. The minimum absolute atomic E-state index is 0.376. The molecule has 2 N–H and O–H groups in total. The van der Waals surface area contributed by atoms with Gasteiger partial charge in [0.05, 0.1) is 30.1 Å². The van der Waals surface area contributed by atoms with Crippen molar-refractivity contribution < 1.29 is 13.3 Å². The highest BCUT2D eigenvalue weighted by Crippen LogP contribution is 2.46. The number of hydrogen-bond acceptors (Lipinski definition) is 7. The van der Waals surface area contributed by atoms with E-state index in [2.05, 4.69) is 15.5 Å². The molecule has 8 nitrogen and oxygen atoms in total. The smallest absolute Gasteiger partial charge is 0.250 e. The molecule has 0 amide bonds. The first-order valence-electron chi connectivity index (χ1n) is 7.96. The van der Waals surface area contributed by atoms with Crippen molar-refractivity contribution in [2.24, 2.45) is 4.40 Å². The van der Waals surface area contributed by atoms with Crippen LogP contribution in [0.15, 0.2) is 65.6 Å². The molecule has 2 aromatic carbocycles. The van der Waals surface area contributed by atoms with E-state index in [0.29, 0.717) is 23.4 Å². The van der Waals surface area contributed by atoms with Gasteiger partial charge in [-0.3, -0.25) is 14.1 Å². The number of nitrogens with zero attached hydrogens (tertiary/aromatic N) is 5. The SMILES string of the molecule is N#Cc1ccc(N(Cc2ccc3c(c2)C=NS(O)(O)O3)n2ccnc2)cc1. The van der Waals surface area contributed by atoms with Crippen molar-refractivity contribution in [1.29, 1.82) is 5.26 Å². The maximum atomic E-state index is 9.53. The van der Waals surface area contributed by atoms with Crippen LogP contribution in [-0.4, -0.2) is 25.0 Å². The van der Waals surface area contributed by atoms with Crippen molar-refractivity contribution in [3.63, 3.8) is 0 Å². The van der Waals surface area contributed by atoms with Crippen molar-refractivity contribution in [2.45, 2.75) is 6.54 Å². The number of benzene rings is 2. The van der Waals surface area contributed by atoms with Crippen LogP contribution in [0.5, 0.6) is 5.75 Å². The van der Waals surface area contributed by atoms with Crippen LogP contribution in [0.4, 0.5) is 5.69 Å². The van der Waals surface area contributed by atoms with Gasteiger partial charge < -0.3 is 4.18 Å². The molecule has 0 spiro atoms. The zero-order valence-corrected chi connectivity index (χ0v) is 14.8. The van der Waals surface area contributed by atoms with E-state index in [0.717, 1.165) is 11.3 Å². The summed E-state index contributed by atoms with van der Waals surface area (Å²) in [6.45, 7) is 0.514. The lowest BCUT2D eigenvalue weighted by Gasteiger charge is -2.28. The average molecular weight is 381 g/mol. The Hall–Kier alpha value is -3.32. The van der Waals surface area contributed by atoms with Crippen LogP contribution in [0.3, 0.4) is 0 Å². The molecule has 1 aliphatic rings. The van der Waals surface area contributed by atoms with E-state index >= 15 is 0 Å². The Morgan fingerprint density at radius 1 is 1.19 bits per heavy atom. The molecule has 3 aromatic rings. The number of rotatable bonds is 4. The van der Waals surface area contributed by atoms with Crippen LogP contribution >= 0.6 is 11.1 Å². The molecule has 0 unspecified atom stereocenters. The largest absolute Gasteiger partial charge is 0.386 e. The zero-order valence-electron chi connectivity index (χ0n) is 14.0. The molecule has 0 saturated carbocycles. The standard InChI is InChI=1S/C18H15N5O3S/c19-10-14-1-4-17(5-2-14)23(22-8-7-20-13-22)12-15-3-6-18-16(9-15)11-21-27(24,25)26-18/h1-9,11,13,24-25H,12H2. The fourth-order valence-corrected chi connectivity index (χ4v) is 3.41. The zero-order chi connectivity index (χ0) is 18.9. The van der Waals surface area contributed by atoms with Gasteiger partial charge in [0, 0.05) is 18.0 Å². The Morgan fingerprint density at radius 2 is 2.00 bits per heavy atom. The second-order valence-electron chi connectivity index (χ2n) is 5.82. The molecule has 2 heterocycles. The van der Waals surface area contributed by atoms with Gasteiger partial charge in [-0.2, -0.15) is 9.66 Å². The second-order valence-corrected chi connectivity index (χ2v) is 7.13. The predicted octanol–water partition coefficient (Wildman–Crippen LogP) is 3.62. The average Bonchev–Trinajstić information content (AvgIpc) is 3.20. The normalized spacial score (nSPS) is 15.3. The molecular formula is C18H15N5O3S. The molecule has 136 valence electrons. The van der Waals surface area contributed by atoms with E-state index in [1.165, 1.54) is 6.21 Å². The predicted molar refractivity (Wildman–Crippen MR) is 102 cm³/mol. The van der Waals surface area contributed by atoms with Crippen LogP contribution < -0.4 is 9.19 Å². The quantitative estimate of drug-likeness (QED) is 0.715. The highest BCUT2D eigenvalue weighted by atomic mass is 32.3. The Kier molecular flexibility index (Phi) is 4.29. The summed E-state index contributed by atoms with van der Waals surface area (Å²) in [6.07, 6.45) is 6.61. The number of hydrogen-bond donors (Lipinski definition) is 2. The first-order chi connectivity index (χ1) is 13.0. The van der Waals surface area contributed by atoms with Gasteiger partial charge >= 0.3 is 0 Å². The summed E-state index contributed by atoms with van der Waals surface area (Å²) in [5, 5.41) is 11.0. The van der Waals surface area contributed by atoms with Crippen molar-refractivity contribution >= 4 is 23.0 Å². The summed E-state index contributed by atoms with van der Waals surface area (Å²) in [6, 6.07) is 14.8. The van der Waals surface area contributed by atoms with E-state index < -0.39 is 11.1 Å². The van der Waals surface area contributed by atoms with Crippen LogP contribution in [0.25, 0.3) is 0 Å². The third-order valence-corrected chi connectivity index (χ3v) is 4.78. The Balaban J connectivity index is 1.65. The minimum Gasteiger partial charge on any atom is -0.386 e. The molecular weight excluding hydrogens is 366 g/mol. The number of fused-ring (bicyclic) bond motifs is 1. The maximum Gasteiger partial charge on any atom is 0.250 e. The van der Waals surface area contributed by atoms with Gasteiger partial charge in [-0.05, 0) is 42.0 Å². The van der Waals surface area contributed by atoms with Crippen LogP contribution in [-0.2, 0) is 6.54 Å². The molecule has 0 radical (unpaired) electrons. The molecule has 1 aliphatic heterocycles. The van der Waals surface area contributed by atoms with Crippen molar-refractivity contribution in [1.82, 2.24) is 9.66 Å². The Bertz CT molecular complexity index is 1030. The van der Waals surface area contributed by atoms with E-state index in [1.54, 1.807) is 30.7 Å². The Morgan fingerprint density at radius 3 is 2.70 bits per heavy atom. The lowest BCUT2D eigenvalue weighted by Crippen LogP contribution is -2.27. The third-order valence-electron chi connectivity index (χ3n) is 4.00. The molecule has 0 saturated heterocycles. The molecule has 1 aromatic heterocycles. The number of imidazole rings is 1. The fraction of sp³-hybridized carbons (Fsp3) is 0.0556. The van der Waals surface area contributed by atoms with Gasteiger partial charge in [0.25, 0.3) is 11.1 Å². The Labute approximate surface area is 157 Å². The lowest BCUT2D eigenvalue weighted by atomic mass is 10.1. The van der Waals surface area contributed by atoms with Gasteiger partial charge in [0.15, 0.2) is 5.75 Å². The third kappa shape index (κ3) is 3.63. The topological polar surface area (TPSA) is 107 Å². The van der Waals surface area contributed by atoms with Crippen molar-refractivity contribution in [3.05, 3.63) is 77.9 Å². The molecule has 0 bridgehead atoms. The van der Waals surface area contributed by atoms with E-state index in [1.807, 2.05) is 40.1 Å². The first-order valence-corrected chi connectivity index (χ1v) is 9.39. The van der Waals surface area contributed by atoms with Crippen molar-refractivity contribution in [2.75, 3.05) is 5.01 Å². The summed E-state index contributed by atoms with van der Waals surface area (Å²) in [5.74, 6) is 0.376. The van der Waals surface area contributed by atoms with Crippen molar-refractivity contribution in [3.8, 4) is 11.8 Å². The number of aromatic nitrogens is 2. The second kappa shape index (κ2) is 6.77. The number of anilines is 1. The van der Waals surface area contributed by atoms with Crippen LogP contribution in [0.2, 0.25) is 0 Å². The summed E-state index contributed by atoms with van der Waals surface area (Å²) in [5.41, 5.74) is 3.11. The summed E-state index contributed by atoms with van der Waals surface area (Å²) < 4.78 is 29.6. The van der Waals surface area contributed by atoms with Crippen LogP contribution in [0.1, 0.15) is 16.7 Å². The van der Waals surface area contributed by atoms with E-state index in [9.17, 15) is 9.11 Å². The lowest BCUT2D eigenvalue weighted by molar-refractivity contribution is 0.382. The molecule has 0 aliphatic carbocycles. The highest BCUT2D eigenvalue weighted by Gasteiger charge is 2.23. The van der Waals surface area contributed by atoms with E-state index in [4.69, 9.17) is 9.44 Å². The van der Waals surface area contributed by atoms with Crippen LogP contribution in [0, 0.1) is 11.3 Å². The minimum atomic E-state index is -3.40. The van der Waals surface area contributed by atoms with Gasteiger partial charge in [0.2, 0.25) is 0 Å².